The van der Waals surface area contributed by atoms with E-state index in [0.29, 0.717) is 5.95 Å². The maximum Gasteiger partial charge on any atom is 0.225 e. The van der Waals surface area contributed by atoms with Gasteiger partial charge in [0.15, 0.2) is 0 Å². The van der Waals surface area contributed by atoms with E-state index in [1.807, 2.05) is 31.3 Å². The normalized spacial score (nSPS) is 10.8. The fraction of sp³-hybridized carbons (Fsp3) is 0.200. The summed E-state index contributed by atoms with van der Waals surface area (Å²) in [5.41, 5.74) is 0.990. The van der Waals surface area contributed by atoms with E-state index in [4.69, 9.17) is 0 Å². The first-order valence-electron chi connectivity index (χ1n) is 6.71. The summed E-state index contributed by atoms with van der Waals surface area (Å²) >= 11 is 5.27. The Labute approximate surface area is 135 Å². The van der Waals surface area contributed by atoms with Gasteiger partial charge in [0.1, 0.15) is 10.6 Å². The van der Waals surface area contributed by atoms with E-state index < -0.39 is 0 Å². The van der Waals surface area contributed by atoms with Crippen LogP contribution in [0.5, 0.6) is 0 Å². The number of rotatable bonds is 4. The van der Waals surface area contributed by atoms with Crippen molar-refractivity contribution in [1.82, 2.24) is 9.97 Å². The molecule has 0 saturated carbocycles. The van der Waals surface area contributed by atoms with Crippen LogP contribution >= 0.6 is 27.3 Å². The summed E-state index contributed by atoms with van der Waals surface area (Å²) in [7, 11) is 1.83. The standard InChI is InChI=1S/C15H15BrN4S/c1-3-9-8-10-13(18-12-7-5-4-6-11(12)16)19-15(17-2)20-14(10)21-9/h4-8H,3H2,1-2H3,(H2,17,18,19,20). The van der Waals surface area contributed by atoms with Crippen molar-refractivity contribution in [2.45, 2.75) is 13.3 Å². The molecule has 0 amide bonds. The molecule has 0 bridgehead atoms. The van der Waals surface area contributed by atoms with Crippen LogP contribution in [0.1, 0.15) is 11.8 Å². The fourth-order valence-corrected chi connectivity index (χ4v) is 3.39. The molecule has 0 saturated heterocycles. The zero-order valence-electron chi connectivity index (χ0n) is 11.8. The Bertz CT molecular complexity index is 784. The molecule has 2 N–H and O–H groups in total. The van der Waals surface area contributed by atoms with Gasteiger partial charge in [-0.15, -0.1) is 11.3 Å². The van der Waals surface area contributed by atoms with E-state index in [1.54, 1.807) is 11.3 Å². The second kappa shape index (κ2) is 5.99. The van der Waals surface area contributed by atoms with Crippen molar-refractivity contribution in [3.63, 3.8) is 0 Å². The van der Waals surface area contributed by atoms with Crippen molar-refractivity contribution >= 4 is 54.9 Å². The number of nitrogens with one attached hydrogen (secondary N) is 2. The summed E-state index contributed by atoms with van der Waals surface area (Å²) in [5.74, 6) is 1.45. The van der Waals surface area contributed by atoms with Crippen LogP contribution in [0, 0.1) is 0 Å². The molecule has 0 aliphatic rings. The SMILES string of the molecule is CCc1cc2c(Nc3ccccc3Br)nc(NC)nc2s1. The highest BCUT2D eigenvalue weighted by Gasteiger charge is 2.12. The Morgan fingerprint density at radius 3 is 2.76 bits per heavy atom. The number of halogens is 1. The molecule has 0 aliphatic heterocycles. The van der Waals surface area contributed by atoms with Gasteiger partial charge in [-0.3, -0.25) is 0 Å². The van der Waals surface area contributed by atoms with E-state index in [1.165, 1.54) is 4.88 Å². The van der Waals surface area contributed by atoms with Gasteiger partial charge in [0.2, 0.25) is 5.95 Å². The number of fused-ring (bicyclic) bond motifs is 1. The molecule has 3 rings (SSSR count). The van der Waals surface area contributed by atoms with Crippen LogP contribution in [0.2, 0.25) is 0 Å². The second-order valence-corrected chi connectivity index (χ2v) is 6.51. The zero-order chi connectivity index (χ0) is 14.8. The summed E-state index contributed by atoms with van der Waals surface area (Å²) in [5, 5.41) is 7.48. The van der Waals surface area contributed by atoms with Crippen LogP contribution in [0.4, 0.5) is 17.5 Å². The van der Waals surface area contributed by atoms with Crippen molar-refractivity contribution in [1.29, 1.82) is 0 Å². The van der Waals surface area contributed by atoms with E-state index in [9.17, 15) is 0 Å². The Balaban J connectivity index is 2.11. The lowest BCUT2D eigenvalue weighted by Gasteiger charge is -2.10. The summed E-state index contributed by atoms with van der Waals surface area (Å²) in [6, 6.07) is 10.2. The van der Waals surface area contributed by atoms with Crippen LogP contribution in [0.3, 0.4) is 0 Å². The Hall–Kier alpha value is -1.66. The highest BCUT2D eigenvalue weighted by molar-refractivity contribution is 9.10. The molecule has 2 heterocycles. The first kappa shape index (κ1) is 14.3. The molecule has 2 aromatic heterocycles. The molecule has 0 spiro atoms. The average molecular weight is 363 g/mol. The lowest BCUT2D eigenvalue weighted by Crippen LogP contribution is -2.01. The summed E-state index contributed by atoms with van der Waals surface area (Å²) in [6.45, 7) is 2.15. The molecule has 4 nitrogen and oxygen atoms in total. The van der Waals surface area contributed by atoms with Crippen LogP contribution < -0.4 is 10.6 Å². The molecule has 6 heteroatoms. The predicted octanol–water partition coefficient (Wildman–Crippen LogP) is 4.80. The number of thiophene rings is 1. The van der Waals surface area contributed by atoms with Gasteiger partial charge in [-0.05, 0) is 40.5 Å². The second-order valence-electron chi connectivity index (χ2n) is 4.54. The van der Waals surface area contributed by atoms with Gasteiger partial charge in [-0.2, -0.15) is 4.98 Å². The fourth-order valence-electron chi connectivity index (χ4n) is 2.04. The van der Waals surface area contributed by atoms with Crippen LogP contribution in [0.25, 0.3) is 10.2 Å². The molecule has 3 aromatic rings. The number of hydrogen-bond acceptors (Lipinski definition) is 5. The average Bonchev–Trinajstić information content (AvgIpc) is 2.92. The monoisotopic (exact) mass is 362 g/mol. The van der Waals surface area contributed by atoms with Gasteiger partial charge in [-0.1, -0.05) is 19.1 Å². The summed E-state index contributed by atoms with van der Waals surface area (Å²) < 4.78 is 1.01. The number of anilines is 3. The van der Waals surface area contributed by atoms with Crippen molar-refractivity contribution in [3.05, 3.63) is 39.7 Å². The number of aromatic nitrogens is 2. The first-order valence-corrected chi connectivity index (χ1v) is 8.32. The van der Waals surface area contributed by atoms with Crippen molar-refractivity contribution in [2.75, 3.05) is 17.7 Å². The maximum atomic E-state index is 4.56. The van der Waals surface area contributed by atoms with Crippen LogP contribution in [-0.4, -0.2) is 17.0 Å². The summed E-state index contributed by atoms with van der Waals surface area (Å²) in [4.78, 5) is 11.4. The molecule has 0 radical (unpaired) electrons. The molecule has 0 atom stereocenters. The number of nitrogens with zero attached hydrogens (tertiary/aromatic N) is 2. The molecular formula is C15H15BrN4S. The highest BCUT2D eigenvalue weighted by Crippen LogP contribution is 2.33. The lowest BCUT2D eigenvalue weighted by molar-refractivity contribution is 1.19. The Morgan fingerprint density at radius 2 is 2.05 bits per heavy atom. The minimum Gasteiger partial charge on any atom is -0.357 e. The topological polar surface area (TPSA) is 49.8 Å². The zero-order valence-corrected chi connectivity index (χ0v) is 14.2. The third kappa shape index (κ3) is 2.87. The molecule has 0 unspecified atom stereocenters. The third-order valence-corrected chi connectivity index (χ3v) is 5.01. The Morgan fingerprint density at radius 1 is 1.24 bits per heavy atom. The van der Waals surface area contributed by atoms with Crippen LogP contribution in [-0.2, 0) is 6.42 Å². The van der Waals surface area contributed by atoms with E-state index in [-0.39, 0.29) is 0 Å². The van der Waals surface area contributed by atoms with Crippen molar-refractivity contribution in [2.24, 2.45) is 0 Å². The maximum absolute atomic E-state index is 4.56. The molecule has 0 fully saturated rings. The van der Waals surface area contributed by atoms with Gasteiger partial charge in [-0.25, -0.2) is 4.98 Å². The van der Waals surface area contributed by atoms with Gasteiger partial charge >= 0.3 is 0 Å². The molecule has 0 aliphatic carbocycles. The number of benzene rings is 1. The smallest absolute Gasteiger partial charge is 0.225 e. The molecule has 21 heavy (non-hydrogen) atoms. The molecule has 108 valence electrons. The minimum absolute atomic E-state index is 0.626. The number of hydrogen-bond donors (Lipinski definition) is 2. The van der Waals surface area contributed by atoms with E-state index in [2.05, 4.69) is 49.5 Å². The quantitative estimate of drug-likeness (QED) is 0.699. The predicted molar refractivity (Wildman–Crippen MR) is 93.8 cm³/mol. The highest BCUT2D eigenvalue weighted by atomic mass is 79.9. The Kier molecular flexibility index (Phi) is 4.07. The molecule has 1 aromatic carbocycles. The minimum atomic E-state index is 0.626. The van der Waals surface area contributed by atoms with Crippen LogP contribution in [0.15, 0.2) is 34.8 Å². The van der Waals surface area contributed by atoms with Gasteiger partial charge in [0, 0.05) is 16.4 Å². The van der Waals surface area contributed by atoms with E-state index in [0.717, 1.165) is 32.6 Å². The van der Waals surface area contributed by atoms with Gasteiger partial charge in [0.25, 0.3) is 0 Å². The largest absolute Gasteiger partial charge is 0.357 e. The van der Waals surface area contributed by atoms with E-state index >= 15 is 0 Å². The first-order chi connectivity index (χ1) is 10.2. The number of aryl methyl sites for hydroxylation is 1. The lowest BCUT2D eigenvalue weighted by atomic mass is 10.3. The van der Waals surface area contributed by atoms with Gasteiger partial charge in [0.05, 0.1) is 11.1 Å². The van der Waals surface area contributed by atoms with Crippen molar-refractivity contribution in [3.8, 4) is 0 Å². The van der Waals surface area contributed by atoms with Crippen molar-refractivity contribution < 1.29 is 0 Å². The van der Waals surface area contributed by atoms with Gasteiger partial charge < -0.3 is 10.6 Å². The molecular weight excluding hydrogens is 348 g/mol. The third-order valence-electron chi connectivity index (χ3n) is 3.14. The number of para-hydroxylation sites is 1. The summed E-state index contributed by atoms with van der Waals surface area (Å²) in [6.07, 6.45) is 1.00.